The SMILES string of the molecule is O=C1C=CC(=O)C(SCCC(O)O)=C1. The standard InChI is InChI=1S/C9H10O4S/c10-6-1-2-7(11)8(5-6)14-4-3-9(12)13/h1-2,5,9,12-13H,3-4H2. The summed E-state index contributed by atoms with van der Waals surface area (Å²) >= 11 is 1.16. The highest BCUT2D eigenvalue weighted by molar-refractivity contribution is 8.04. The van der Waals surface area contributed by atoms with Crippen molar-refractivity contribution in [3.63, 3.8) is 0 Å². The number of ketones is 2. The van der Waals surface area contributed by atoms with Gasteiger partial charge in [0.2, 0.25) is 0 Å². The minimum atomic E-state index is -1.37. The van der Waals surface area contributed by atoms with Crippen LogP contribution in [0.2, 0.25) is 0 Å². The number of aliphatic hydroxyl groups is 2. The molecule has 76 valence electrons. The average molecular weight is 214 g/mol. The molecule has 0 radical (unpaired) electrons. The number of carbonyl (C=O) groups excluding carboxylic acids is 2. The first-order chi connectivity index (χ1) is 6.59. The summed E-state index contributed by atoms with van der Waals surface area (Å²) < 4.78 is 0. The highest BCUT2D eigenvalue weighted by Crippen LogP contribution is 2.21. The number of hydrogen-bond donors (Lipinski definition) is 2. The Labute approximate surface area is 85.3 Å². The number of aliphatic hydroxyl groups excluding tert-OH is 1. The second-order valence-corrected chi connectivity index (χ2v) is 3.86. The number of thioether (sulfide) groups is 1. The lowest BCUT2D eigenvalue weighted by molar-refractivity contribution is -0.114. The maximum atomic E-state index is 11.2. The molecule has 1 rings (SSSR count). The molecule has 5 heteroatoms. The fourth-order valence-corrected chi connectivity index (χ4v) is 1.83. The van der Waals surface area contributed by atoms with Gasteiger partial charge >= 0.3 is 0 Å². The van der Waals surface area contributed by atoms with Gasteiger partial charge in [0.15, 0.2) is 17.9 Å². The van der Waals surface area contributed by atoms with E-state index in [0.717, 1.165) is 11.8 Å². The summed E-state index contributed by atoms with van der Waals surface area (Å²) in [6.07, 6.45) is 2.50. The molecule has 0 saturated heterocycles. The summed E-state index contributed by atoms with van der Waals surface area (Å²) in [6, 6.07) is 0. The molecule has 0 aromatic heterocycles. The Bertz CT molecular complexity index is 304. The number of allylic oxidation sites excluding steroid dienone is 4. The lowest BCUT2D eigenvalue weighted by atomic mass is 10.2. The van der Waals surface area contributed by atoms with Gasteiger partial charge in [0.1, 0.15) is 0 Å². The number of rotatable bonds is 4. The third-order valence-electron chi connectivity index (χ3n) is 1.55. The van der Waals surface area contributed by atoms with Crippen molar-refractivity contribution in [2.75, 3.05) is 5.75 Å². The zero-order chi connectivity index (χ0) is 10.6. The maximum absolute atomic E-state index is 11.2. The molecule has 1 aliphatic carbocycles. The quantitative estimate of drug-likeness (QED) is 0.509. The number of carbonyl (C=O) groups is 2. The molecular formula is C9H10O4S. The van der Waals surface area contributed by atoms with Gasteiger partial charge in [-0.3, -0.25) is 9.59 Å². The molecule has 0 spiro atoms. The Balaban J connectivity index is 2.44. The van der Waals surface area contributed by atoms with E-state index in [1.165, 1.54) is 18.2 Å². The molecule has 0 bridgehead atoms. The predicted octanol–water partition coefficient (Wildman–Crippen LogP) is 0.0123. The first kappa shape index (κ1) is 11.2. The number of hydrogen-bond acceptors (Lipinski definition) is 5. The second kappa shape index (κ2) is 5.09. The smallest absolute Gasteiger partial charge is 0.192 e. The van der Waals surface area contributed by atoms with E-state index in [4.69, 9.17) is 10.2 Å². The molecule has 0 aliphatic heterocycles. The lowest BCUT2D eigenvalue weighted by Crippen LogP contribution is -2.08. The van der Waals surface area contributed by atoms with Crippen LogP contribution in [0, 0.1) is 0 Å². The van der Waals surface area contributed by atoms with Gasteiger partial charge in [-0.25, -0.2) is 0 Å². The summed E-state index contributed by atoms with van der Waals surface area (Å²) in [4.78, 5) is 22.4. The normalized spacial score (nSPS) is 16.4. The van der Waals surface area contributed by atoms with Crippen molar-refractivity contribution in [1.82, 2.24) is 0 Å². The summed E-state index contributed by atoms with van der Waals surface area (Å²) in [5, 5.41) is 17.1. The van der Waals surface area contributed by atoms with Crippen molar-refractivity contribution in [3.05, 3.63) is 23.1 Å². The van der Waals surface area contributed by atoms with Crippen LogP contribution in [-0.2, 0) is 9.59 Å². The minimum absolute atomic E-state index is 0.174. The monoisotopic (exact) mass is 214 g/mol. The van der Waals surface area contributed by atoms with E-state index in [1.54, 1.807) is 0 Å². The van der Waals surface area contributed by atoms with Gasteiger partial charge in [-0.05, 0) is 12.2 Å². The zero-order valence-electron chi connectivity index (χ0n) is 7.34. The second-order valence-electron chi connectivity index (χ2n) is 2.73. The average Bonchev–Trinajstić information content (AvgIpc) is 2.10. The molecule has 0 saturated carbocycles. The Morgan fingerprint density at radius 1 is 1.29 bits per heavy atom. The van der Waals surface area contributed by atoms with E-state index in [9.17, 15) is 9.59 Å². The van der Waals surface area contributed by atoms with Gasteiger partial charge in [0, 0.05) is 18.2 Å². The van der Waals surface area contributed by atoms with Crippen molar-refractivity contribution in [3.8, 4) is 0 Å². The molecule has 0 unspecified atom stereocenters. The van der Waals surface area contributed by atoms with Crippen LogP contribution in [0.25, 0.3) is 0 Å². The van der Waals surface area contributed by atoms with E-state index in [2.05, 4.69) is 0 Å². The van der Waals surface area contributed by atoms with Crippen LogP contribution < -0.4 is 0 Å². The highest BCUT2D eigenvalue weighted by atomic mass is 32.2. The van der Waals surface area contributed by atoms with Crippen molar-refractivity contribution < 1.29 is 19.8 Å². The maximum Gasteiger partial charge on any atom is 0.192 e. The molecule has 14 heavy (non-hydrogen) atoms. The molecule has 0 fully saturated rings. The van der Waals surface area contributed by atoms with E-state index in [-0.39, 0.29) is 18.0 Å². The van der Waals surface area contributed by atoms with Gasteiger partial charge in [0.05, 0.1) is 4.91 Å². The van der Waals surface area contributed by atoms with Crippen LogP contribution in [0.5, 0.6) is 0 Å². The molecule has 0 heterocycles. The predicted molar refractivity (Wildman–Crippen MR) is 52.5 cm³/mol. The van der Waals surface area contributed by atoms with Crippen molar-refractivity contribution >= 4 is 23.3 Å². The highest BCUT2D eigenvalue weighted by Gasteiger charge is 2.13. The van der Waals surface area contributed by atoms with E-state index < -0.39 is 6.29 Å². The van der Waals surface area contributed by atoms with Crippen LogP contribution in [-0.4, -0.2) is 33.8 Å². The van der Waals surface area contributed by atoms with Crippen molar-refractivity contribution in [1.29, 1.82) is 0 Å². The molecular weight excluding hydrogens is 204 g/mol. The Kier molecular flexibility index (Phi) is 4.06. The van der Waals surface area contributed by atoms with Gasteiger partial charge < -0.3 is 10.2 Å². The lowest BCUT2D eigenvalue weighted by Gasteiger charge is -2.06. The Morgan fingerprint density at radius 2 is 2.00 bits per heavy atom. The molecule has 0 amide bonds. The first-order valence-electron chi connectivity index (χ1n) is 4.06. The van der Waals surface area contributed by atoms with Gasteiger partial charge in [0.25, 0.3) is 0 Å². The van der Waals surface area contributed by atoms with Crippen LogP contribution in [0.15, 0.2) is 23.1 Å². The van der Waals surface area contributed by atoms with Crippen LogP contribution >= 0.6 is 11.8 Å². The summed E-state index contributed by atoms with van der Waals surface area (Å²) in [7, 11) is 0. The topological polar surface area (TPSA) is 74.6 Å². The van der Waals surface area contributed by atoms with Crippen molar-refractivity contribution in [2.24, 2.45) is 0 Å². The zero-order valence-corrected chi connectivity index (χ0v) is 8.16. The van der Waals surface area contributed by atoms with E-state index in [0.29, 0.717) is 10.7 Å². The fourth-order valence-electron chi connectivity index (χ4n) is 0.875. The largest absolute Gasteiger partial charge is 0.368 e. The molecule has 0 atom stereocenters. The van der Waals surface area contributed by atoms with E-state index >= 15 is 0 Å². The third-order valence-corrected chi connectivity index (χ3v) is 2.62. The van der Waals surface area contributed by atoms with Gasteiger partial charge in [-0.1, -0.05) is 0 Å². The molecule has 4 nitrogen and oxygen atoms in total. The van der Waals surface area contributed by atoms with E-state index in [1.807, 2.05) is 0 Å². The molecule has 0 aromatic rings. The van der Waals surface area contributed by atoms with Gasteiger partial charge in [-0.2, -0.15) is 0 Å². The van der Waals surface area contributed by atoms with Crippen LogP contribution in [0.4, 0.5) is 0 Å². The summed E-state index contributed by atoms with van der Waals surface area (Å²) in [5.74, 6) is -0.0187. The Morgan fingerprint density at radius 3 is 2.64 bits per heavy atom. The molecule has 2 N–H and O–H groups in total. The van der Waals surface area contributed by atoms with Crippen molar-refractivity contribution in [2.45, 2.75) is 12.7 Å². The summed E-state index contributed by atoms with van der Waals surface area (Å²) in [5.41, 5.74) is 0. The van der Waals surface area contributed by atoms with Crippen LogP contribution in [0.3, 0.4) is 0 Å². The Hall–Kier alpha value is -0.910. The first-order valence-corrected chi connectivity index (χ1v) is 5.05. The fraction of sp³-hybridized carbons (Fsp3) is 0.333. The van der Waals surface area contributed by atoms with Gasteiger partial charge in [-0.15, -0.1) is 11.8 Å². The molecule has 0 aromatic carbocycles. The molecule has 1 aliphatic rings. The summed E-state index contributed by atoms with van der Waals surface area (Å²) in [6.45, 7) is 0. The third kappa shape index (κ3) is 3.45. The minimum Gasteiger partial charge on any atom is -0.368 e. The van der Waals surface area contributed by atoms with Crippen LogP contribution in [0.1, 0.15) is 6.42 Å².